The van der Waals surface area contributed by atoms with Crippen molar-refractivity contribution < 1.29 is 13.9 Å². The molecule has 1 aliphatic carbocycles. The minimum absolute atomic E-state index is 0.318. The van der Waals surface area contributed by atoms with Crippen LogP contribution in [0, 0.1) is 5.92 Å². The van der Waals surface area contributed by atoms with Crippen molar-refractivity contribution in [1.82, 2.24) is 5.43 Å². The first-order valence-electron chi connectivity index (χ1n) is 9.18. The molecule has 4 rings (SSSR count). The van der Waals surface area contributed by atoms with Crippen LogP contribution in [0.4, 0.5) is 0 Å². The fourth-order valence-electron chi connectivity index (χ4n) is 3.10. The van der Waals surface area contributed by atoms with E-state index in [9.17, 15) is 4.79 Å². The Morgan fingerprint density at radius 2 is 2.00 bits per heavy atom. The number of nitrogens with zero attached hydrogens (tertiary/aromatic N) is 1. The predicted molar refractivity (Wildman–Crippen MR) is 105 cm³/mol. The maximum Gasteiger partial charge on any atom is 0.280 e. The number of carbonyl (C=O) groups is 1. The summed E-state index contributed by atoms with van der Waals surface area (Å²) in [7, 11) is 0. The lowest BCUT2D eigenvalue weighted by Gasteiger charge is -2.13. The zero-order valence-corrected chi connectivity index (χ0v) is 15.4. The maximum atomic E-state index is 12.2. The smallest absolute Gasteiger partial charge is 0.280 e. The van der Waals surface area contributed by atoms with Crippen LogP contribution in [0.1, 0.15) is 37.7 Å². The Balaban J connectivity index is 1.32. The molecule has 1 N–H and O–H groups in total. The molecule has 1 aliphatic rings. The van der Waals surface area contributed by atoms with E-state index >= 15 is 0 Å². The molecule has 0 aliphatic heterocycles. The van der Waals surface area contributed by atoms with Crippen molar-refractivity contribution >= 4 is 22.9 Å². The Labute approximate surface area is 158 Å². The lowest BCUT2D eigenvalue weighted by atomic mass is 10.1. The van der Waals surface area contributed by atoms with Gasteiger partial charge in [0.05, 0.1) is 6.21 Å². The van der Waals surface area contributed by atoms with Gasteiger partial charge in [-0.15, -0.1) is 0 Å². The van der Waals surface area contributed by atoms with E-state index in [0.717, 1.165) is 16.5 Å². The van der Waals surface area contributed by atoms with Gasteiger partial charge in [0.25, 0.3) is 5.91 Å². The summed E-state index contributed by atoms with van der Waals surface area (Å²) in [5.74, 6) is 3.17. The number of hydrazone groups is 1. The summed E-state index contributed by atoms with van der Waals surface area (Å²) in [6.07, 6.45) is 2.02. The molecule has 5 nitrogen and oxygen atoms in total. The molecule has 2 aromatic carbocycles. The van der Waals surface area contributed by atoms with Gasteiger partial charge in [0.15, 0.2) is 6.10 Å². The summed E-state index contributed by atoms with van der Waals surface area (Å²) in [4.78, 5) is 12.2. The lowest BCUT2D eigenvalue weighted by molar-refractivity contribution is -0.127. The molecule has 27 heavy (non-hydrogen) atoms. The summed E-state index contributed by atoms with van der Waals surface area (Å²) in [5, 5.41) is 6.17. The van der Waals surface area contributed by atoms with Crippen molar-refractivity contribution in [1.29, 1.82) is 0 Å². The van der Waals surface area contributed by atoms with Gasteiger partial charge >= 0.3 is 0 Å². The van der Waals surface area contributed by atoms with Crippen LogP contribution in [0.15, 0.2) is 64.1 Å². The van der Waals surface area contributed by atoms with E-state index in [2.05, 4.69) is 17.5 Å². The first kappa shape index (κ1) is 17.3. The monoisotopic (exact) mass is 362 g/mol. The molecule has 0 spiro atoms. The van der Waals surface area contributed by atoms with Gasteiger partial charge in [-0.1, -0.05) is 37.3 Å². The summed E-state index contributed by atoms with van der Waals surface area (Å²) in [6, 6.07) is 17.6. The predicted octanol–water partition coefficient (Wildman–Crippen LogP) is 4.47. The normalized spacial score (nSPS) is 19.9. The number of rotatable bonds is 6. The third-order valence-electron chi connectivity index (χ3n) is 4.89. The molecule has 0 unspecified atom stereocenters. The zero-order valence-electron chi connectivity index (χ0n) is 15.4. The number of hydrogen-bond donors (Lipinski definition) is 1. The highest BCUT2D eigenvalue weighted by atomic mass is 16.5. The van der Waals surface area contributed by atoms with E-state index in [4.69, 9.17) is 9.15 Å². The Morgan fingerprint density at radius 3 is 2.78 bits per heavy atom. The molecule has 138 valence electrons. The van der Waals surface area contributed by atoms with Crippen molar-refractivity contribution in [3.8, 4) is 5.75 Å². The standard InChI is InChI=1S/C22H22N2O3/c1-14-11-20(14)21-10-9-19(27-21)13-23-24-22(25)15(2)26-18-8-7-16-5-3-4-6-17(16)12-18/h3-10,12-15,20H,11H2,1-2H3,(H,24,25)/b23-13-/t14-,15-,20+/m1/s1. The molecule has 1 heterocycles. The molecule has 1 aromatic heterocycles. The molecule has 0 bridgehead atoms. The first-order valence-corrected chi connectivity index (χ1v) is 9.18. The molecule has 5 heteroatoms. The van der Waals surface area contributed by atoms with Crippen LogP contribution < -0.4 is 10.2 Å². The number of ether oxygens (including phenoxy) is 1. The van der Waals surface area contributed by atoms with Crippen LogP contribution in [0.25, 0.3) is 10.8 Å². The van der Waals surface area contributed by atoms with E-state index in [0.29, 0.717) is 23.3 Å². The topological polar surface area (TPSA) is 63.8 Å². The van der Waals surface area contributed by atoms with Crippen molar-refractivity contribution in [2.24, 2.45) is 11.0 Å². The summed E-state index contributed by atoms with van der Waals surface area (Å²) >= 11 is 0. The number of carbonyl (C=O) groups excluding carboxylic acids is 1. The van der Waals surface area contributed by atoms with Crippen molar-refractivity contribution in [2.45, 2.75) is 32.3 Å². The van der Waals surface area contributed by atoms with Gasteiger partial charge in [0.1, 0.15) is 17.3 Å². The van der Waals surface area contributed by atoms with E-state index in [-0.39, 0.29) is 5.91 Å². The van der Waals surface area contributed by atoms with Gasteiger partial charge < -0.3 is 9.15 Å². The number of fused-ring (bicyclic) bond motifs is 1. The van der Waals surface area contributed by atoms with Crippen LogP contribution in [0.3, 0.4) is 0 Å². The Bertz CT molecular complexity index is 992. The summed E-state index contributed by atoms with van der Waals surface area (Å²) < 4.78 is 11.5. The highest BCUT2D eigenvalue weighted by Crippen LogP contribution is 2.47. The Hall–Kier alpha value is -3.08. The fourth-order valence-corrected chi connectivity index (χ4v) is 3.10. The zero-order chi connectivity index (χ0) is 18.8. The number of amides is 1. The van der Waals surface area contributed by atoms with Crippen molar-refractivity contribution in [3.05, 3.63) is 66.1 Å². The average molecular weight is 362 g/mol. The second kappa shape index (κ2) is 7.27. The Morgan fingerprint density at radius 1 is 1.22 bits per heavy atom. The second-order valence-corrected chi connectivity index (χ2v) is 7.06. The number of nitrogens with one attached hydrogen (secondary N) is 1. The highest BCUT2D eigenvalue weighted by Gasteiger charge is 2.36. The first-order chi connectivity index (χ1) is 13.1. The quantitative estimate of drug-likeness (QED) is 0.520. The van der Waals surface area contributed by atoms with Crippen LogP contribution in [0.5, 0.6) is 5.75 Å². The van der Waals surface area contributed by atoms with E-state index < -0.39 is 6.10 Å². The van der Waals surface area contributed by atoms with Crippen LogP contribution in [0.2, 0.25) is 0 Å². The molecular formula is C22H22N2O3. The van der Waals surface area contributed by atoms with Gasteiger partial charge in [-0.3, -0.25) is 4.79 Å². The van der Waals surface area contributed by atoms with Gasteiger partial charge in [-0.05, 0) is 54.3 Å². The SMILES string of the molecule is C[C@@H]1C[C@@H]1c1ccc(/C=N\NC(=O)[C@@H](C)Oc2ccc3ccccc3c2)o1. The van der Waals surface area contributed by atoms with E-state index in [1.54, 1.807) is 6.92 Å². The minimum Gasteiger partial charge on any atom is -0.481 e. The number of benzene rings is 2. The summed E-state index contributed by atoms with van der Waals surface area (Å²) in [6.45, 7) is 3.90. The van der Waals surface area contributed by atoms with E-state index in [1.165, 1.54) is 12.6 Å². The minimum atomic E-state index is -0.664. The van der Waals surface area contributed by atoms with E-state index in [1.807, 2.05) is 54.6 Å². The molecule has 3 aromatic rings. The summed E-state index contributed by atoms with van der Waals surface area (Å²) in [5.41, 5.74) is 2.50. The van der Waals surface area contributed by atoms with Gasteiger partial charge in [-0.2, -0.15) is 5.10 Å². The molecule has 1 saturated carbocycles. The third-order valence-corrected chi connectivity index (χ3v) is 4.89. The fraction of sp³-hybridized carbons (Fsp3) is 0.273. The van der Waals surface area contributed by atoms with Gasteiger partial charge in [-0.25, -0.2) is 5.43 Å². The second-order valence-electron chi connectivity index (χ2n) is 7.06. The molecule has 1 amide bonds. The molecule has 0 radical (unpaired) electrons. The largest absolute Gasteiger partial charge is 0.481 e. The number of hydrogen-bond acceptors (Lipinski definition) is 4. The lowest BCUT2D eigenvalue weighted by Crippen LogP contribution is -2.33. The Kier molecular flexibility index (Phi) is 4.67. The molecule has 3 atom stereocenters. The van der Waals surface area contributed by atoms with Crippen LogP contribution >= 0.6 is 0 Å². The molecule has 0 saturated heterocycles. The van der Waals surface area contributed by atoms with Gasteiger partial charge in [0.2, 0.25) is 0 Å². The van der Waals surface area contributed by atoms with Crippen molar-refractivity contribution in [3.63, 3.8) is 0 Å². The van der Waals surface area contributed by atoms with Crippen molar-refractivity contribution in [2.75, 3.05) is 0 Å². The van der Waals surface area contributed by atoms with Gasteiger partial charge in [0, 0.05) is 5.92 Å². The molecular weight excluding hydrogens is 340 g/mol. The number of furan rings is 1. The third kappa shape index (κ3) is 4.03. The average Bonchev–Trinajstić information content (AvgIpc) is 3.22. The van der Waals surface area contributed by atoms with Crippen LogP contribution in [-0.2, 0) is 4.79 Å². The van der Waals surface area contributed by atoms with Crippen LogP contribution in [-0.4, -0.2) is 18.2 Å². The highest BCUT2D eigenvalue weighted by molar-refractivity contribution is 5.85. The molecule has 1 fully saturated rings. The maximum absolute atomic E-state index is 12.2.